The highest BCUT2D eigenvalue weighted by Gasteiger charge is 2.15. The van der Waals surface area contributed by atoms with Gasteiger partial charge in [0.25, 0.3) is 0 Å². The van der Waals surface area contributed by atoms with E-state index in [1.165, 1.54) is 18.4 Å². The Bertz CT molecular complexity index is 388. The first kappa shape index (κ1) is 13.6. The molecule has 1 aliphatic rings. The molecule has 0 bridgehead atoms. The second-order valence-corrected chi connectivity index (χ2v) is 3.86. The van der Waals surface area contributed by atoms with Crippen molar-refractivity contribution in [2.75, 3.05) is 25.6 Å². The van der Waals surface area contributed by atoms with Crippen LogP contribution >= 0.6 is 0 Å². The summed E-state index contributed by atoms with van der Waals surface area (Å²) in [5.74, 6) is -0.258. The van der Waals surface area contributed by atoms with Crippen molar-refractivity contribution in [1.29, 1.82) is 0 Å². The average molecular weight is 235 g/mol. The summed E-state index contributed by atoms with van der Waals surface area (Å²) in [6.45, 7) is 5.09. The quantitative estimate of drug-likeness (QED) is 0.701. The van der Waals surface area contributed by atoms with E-state index in [4.69, 9.17) is 4.74 Å². The van der Waals surface area contributed by atoms with E-state index in [-0.39, 0.29) is 5.97 Å². The maximum absolute atomic E-state index is 11.3. The lowest BCUT2D eigenvalue weighted by Gasteiger charge is -2.27. The third kappa shape index (κ3) is 2.99. The van der Waals surface area contributed by atoms with Gasteiger partial charge in [0.2, 0.25) is 0 Å². The van der Waals surface area contributed by atoms with Crippen LogP contribution in [0.4, 0.5) is 5.69 Å². The molecule has 0 atom stereocenters. The summed E-state index contributed by atoms with van der Waals surface area (Å²) in [7, 11) is 3.49. The third-order valence-electron chi connectivity index (χ3n) is 2.85. The fourth-order valence-electron chi connectivity index (χ4n) is 2.03. The van der Waals surface area contributed by atoms with Crippen LogP contribution in [0.5, 0.6) is 0 Å². The van der Waals surface area contributed by atoms with E-state index in [0.29, 0.717) is 5.56 Å². The zero-order valence-corrected chi connectivity index (χ0v) is 11.1. The highest BCUT2D eigenvalue weighted by atomic mass is 16.5. The van der Waals surface area contributed by atoms with Gasteiger partial charge in [0.15, 0.2) is 0 Å². The van der Waals surface area contributed by atoms with Gasteiger partial charge in [-0.05, 0) is 36.6 Å². The maximum atomic E-state index is 11.3. The summed E-state index contributed by atoms with van der Waals surface area (Å²) in [5, 5.41) is 0. The molecular formula is C14H21NO2. The number of methoxy groups -OCH3 is 1. The molecule has 1 heterocycles. The van der Waals surface area contributed by atoms with E-state index in [2.05, 4.69) is 11.9 Å². The van der Waals surface area contributed by atoms with E-state index >= 15 is 0 Å². The molecule has 0 N–H and O–H groups in total. The fourth-order valence-corrected chi connectivity index (χ4v) is 2.03. The summed E-state index contributed by atoms with van der Waals surface area (Å²) < 4.78 is 4.70. The molecule has 3 nitrogen and oxygen atoms in total. The smallest absolute Gasteiger partial charge is 0.337 e. The molecule has 0 saturated heterocycles. The standard InChI is InChI=1S/C12H15NO2.C2H6/c1-13-7-3-4-9-8-10(12(14)15-2)5-6-11(9)13;1-2/h5-6,8H,3-4,7H2,1-2H3;1-2H3. The Morgan fingerprint density at radius 1 is 1.35 bits per heavy atom. The van der Waals surface area contributed by atoms with Crippen molar-refractivity contribution >= 4 is 11.7 Å². The minimum Gasteiger partial charge on any atom is -0.465 e. The van der Waals surface area contributed by atoms with Gasteiger partial charge in [-0.15, -0.1) is 0 Å². The van der Waals surface area contributed by atoms with Crippen LogP contribution < -0.4 is 4.90 Å². The first-order valence-electron chi connectivity index (χ1n) is 6.15. The third-order valence-corrected chi connectivity index (χ3v) is 2.85. The molecule has 1 aromatic carbocycles. The van der Waals surface area contributed by atoms with Crippen LogP contribution in [0.1, 0.15) is 36.2 Å². The highest BCUT2D eigenvalue weighted by Crippen LogP contribution is 2.26. The molecule has 0 spiro atoms. The van der Waals surface area contributed by atoms with Crippen molar-refractivity contribution in [3.63, 3.8) is 0 Å². The molecule has 0 radical (unpaired) electrons. The largest absolute Gasteiger partial charge is 0.465 e. The molecule has 0 saturated carbocycles. The zero-order chi connectivity index (χ0) is 12.8. The van der Waals surface area contributed by atoms with Crippen LogP contribution in [0.2, 0.25) is 0 Å². The molecule has 17 heavy (non-hydrogen) atoms. The zero-order valence-electron chi connectivity index (χ0n) is 11.1. The molecule has 3 heteroatoms. The molecule has 0 amide bonds. The van der Waals surface area contributed by atoms with Gasteiger partial charge >= 0.3 is 5.97 Å². The van der Waals surface area contributed by atoms with Crippen LogP contribution in [0.25, 0.3) is 0 Å². The van der Waals surface area contributed by atoms with Crippen molar-refractivity contribution in [2.45, 2.75) is 26.7 Å². The first-order chi connectivity index (χ1) is 8.22. The monoisotopic (exact) mass is 235 g/mol. The van der Waals surface area contributed by atoms with Crippen molar-refractivity contribution in [3.05, 3.63) is 29.3 Å². The molecule has 1 aliphatic heterocycles. The molecule has 0 aromatic heterocycles. The van der Waals surface area contributed by atoms with Gasteiger partial charge in [0.1, 0.15) is 0 Å². The number of aryl methyl sites for hydroxylation is 1. The number of benzene rings is 1. The predicted molar refractivity (Wildman–Crippen MR) is 70.7 cm³/mol. The predicted octanol–water partition coefficient (Wildman–Crippen LogP) is 2.88. The van der Waals surface area contributed by atoms with E-state index in [0.717, 1.165) is 19.4 Å². The van der Waals surface area contributed by atoms with Crippen LogP contribution in [0.3, 0.4) is 0 Å². The maximum Gasteiger partial charge on any atom is 0.337 e. The number of fused-ring (bicyclic) bond motifs is 1. The molecule has 1 aromatic rings. The lowest BCUT2D eigenvalue weighted by Crippen LogP contribution is -2.24. The van der Waals surface area contributed by atoms with E-state index in [9.17, 15) is 4.79 Å². The normalized spacial score (nSPS) is 13.3. The van der Waals surface area contributed by atoms with Crippen LogP contribution in [-0.4, -0.2) is 26.7 Å². The minimum atomic E-state index is -0.258. The van der Waals surface area contributed by atoms with Crippen molar-refractivity contribution in [2.24, 2.45) is 0 Å². The molecule has 94 valence electrons. The number of ether oxygens (including phenoxy) is 1. The summed E-state index contributed by atoms with van der Waals surface area (Å²) in [6.07, 6.45) is 2.19. The Balaban J connectivity index is 0.000000686. The number of hydrogen-bond acceptors (Lipinski definition) is 3. The number of hydrogen-bond donors (Lipinski definition) is 0. The molecular weight excluding hydrogens is 214 g/mol. The number of esters is 1. The number of carbonyl (C=O) groups is 1. The molecule has 0 unspecified atom stereocenters. The van der Waals surface area contributed by atoms with Gasteiger partial charge in [-0.1, -0.05) is 13.8 Å². The minimum absolute atomic E-state index is 0.258. The molecule has 0 fully saturated rings. The van der Waals surface area contributed by atoms with Crippen molar-refractivity contribution in [3.8, 4) is 0 Å². The Morgan fingerprint density at radius 2 is 2.06 bits per heavy atom. The Labute approximate surface area is 103 Å². The summed E-state index contributed by atoms with van der Waals surface area (Å²) in [6, 6.07) is 5.77. The highest BCUT2D eigenvalue weighted by molar-refractivity contribution is 5.90. The Morgan fingerprint density at radius 3 is 2.71 bits per heavy atom. The number of rotatable bonds is 1. The van der Waals surface area contributed by atoms with Gasteiger partial charge in [-0.3, -0.25) is 0 Å². The Hall–Kier alpha value is -1.51. The van der Waals surface area contributed by atoms with Gasteiger partial charge in [0, 0.05) is 19.3 Å². The van der Waals surface area contributed by atoms with E-state index in [1.54, 1.807) is 0 Å². The van der Waals surface area contributed by atoms with Crippen molar-refractivity contribution in [1.82, 2.24) is 0 Å². The number of anilines is 1. The molecule has 2 rings (SSSR count). The number of carbonyl (C=O) groups excluding carboxylic acids is 1. The Kier molecular flexibility index (Phi) is 5.01. The number of nitrogens with zero attached hydrogens (tertiary/aromatic N) is 1. The van der Waals surface area contributed by atoms with Gasteiger partial charge < -0.3 is 9.64 Å². The second kappa shape index (κ2) is 6.28. The summed E-state index contributed by atoms with van der Waals surface area (Å²) in [4.78, 5) is 13.6. The molecule has 0 aliphatic carbocycles. The fraction of sp³-hybridized carbons (Fsp3) is 0.500. The van der Waals surface area contributed by atoms with Gasteiger partial charge in [-0.2, -0.15) is 0 Å². The van der Waals surface area contributed by atoms with E-state index in [1.807, 2.05) is 32.0 Å². The van der Waals surface area contributed by atoms with Crippen LogP contribution in [0.15, 0.2) is 18.2 Å². The lowest BCUT2D eigenvalue weighted by atomic mass is 10.00. The summed E-state index contributed by atoms with van der Waals surface area (Å²) in [5.41, 5.74) is 3.12. The lowest BCUT2D eigenvalue weighted by molar-refractivity contribution is 0.0600. The van der Waals surface area contributed by atoms with Crippen LogP contribution in [-0.2, 0) is 11.2 Å². The first-order valence-corrected chi connectivity index (χ1v) is 6.15. The SMILES string of the molecule is CC.COC(=O)c1ccc2c(c1)CCCN2C. The average Bonchev–Trinajstić information content (AvgIpc) is 2.40. The van der Waals surface area contributed by atoms with Crippen LogP contribution in [0, 0.1) is 0 Å². The van der Waals surface area contributed by atoms with Crippen molar-refractivity contribution < 1.29 is 9.53 Å². The summed E-state index contributed by atoms with van der Waals surface area (Å²) >= 11 is 0. The van der Waals surface area contributed by atoms with E-state index < -0.39 is 0 Å². The van der Waals surface area contributed by atoms with Gasteiger partial charge in [-0.25, -0.2) is 4.79 Å². The van der Waals surface area contributed by atoms with Gasteiger partial charge in [0.05, 0.1) is 12.7 Å². The topological polar surface area (TPSA) is 29.5 Å². The second-order valence-electron chi connectivity index (χ2n) is 3.86.